The van der Waals surface area contributed by atoms with Crippen molar-refractivity contribution >= 4 is 11.0 Å². The average molecular weight is 446 g/mol. The molecular weight excluding hydrogens is 424 g/mol. The van der Waals surface area contributed by atoms with Gasteiger partial charge in [-0.2, -0.15) is 0 Å². The summed E-state index contributed by atoms with van der Waals surface area (Å²) in [6.07, 6.45) is -5.34. The van der Waals surface area contributed by atoms with Crippen molar-refractivity contribution in [3.05, 3.63) is 46.6 Å². The molecule has 10 nitrogen and oxygen atoms in total. The molecule has 0 saturated heterocycles. The van der Waals surface area contributed by atoms with Crippen LogP contribution >= 0.6 is 0 Å². The third-order valence-electron chi connectivity index (χ3n) is 5.67. The fraction of sp³-hybridized carbons (Fsp3) is 0.318. The predicted octanol–water partition coefficient (Wildman–Crippen LogP) is 0.419. The van der Waals surface area contributed by atoms with Gasteiger partial charge in [0.1, 0.15) is 46.5 Å². The standard InChI is InChI=1S/C22H22O10/c23-8-10-5-15(18(27)20(29)17(10)26)31-12-6-13(25)16-14(7-12)32-22(21(30)19(16)28)9-1-3-11(24)4-2-9/h1-4,6-7,10,15,17-18,20,23-27,29-30H,5,8H2/t10-,15-,17-,18+,20+/m1/s1. The van der Waals surface area contributed by atoms with Gasteiger partial charge in [0, 0.05) is 30.2 Å². The van der Waals surface area contributed by atoms with Crippen LogP contribution in [-0.4, -0.2) is 66.8 Å². The summed E-state index contributed by atoms with van der Waals surface area (Å²) in [5.41, 5.74) is -0.693. The van der Waals surface area contributed by atoms with Crippen molar-refractivity contribution in [3.8, 4) is 34.3 Å². The lowest BCUT2D eigenvalue weighted by Crippen LogP contribution is -2.56. The maximum Gasteiger partial charge on any atom is 0.238 e. The van der Waals surface area contributed by atoms with Crippen molar-refractivity contribution in [2.75, 3.05) is 6.61 Å². The quantitative estimate of drug-likeness (QED) is 0.297. The normalized spacial score (nSPS) is 25.7. The monoisotopic (exact) mass is 446 g/mol. The summed E-state index contributed by atoms with van der Waals surface area (Å²) in [7, 11) is 0. The molecular formula is C22H22O10. The summed E-state index contributed by atoms with van der Waals surface area (Å²) in [5, 5.41) is 69.5. The Hall–Kier alpha value is -3.31. The highest BCUT2D eigenvalue weighted by Crippen LogP contribution is 2.37. The second-order valence-electron chi connectivity index (χ2n) is 7.78. The van der Waals surface area contributed by atoms with Gasteiger partial charge in [-0.1, -0.05) is 0 Å². The van der Waals surface area contributed by atoms with Crippen LogP contribution in [0.2, 0.25) is 0 Å². The average Bonchev–Trinajstić information content (AvgIpc) is 2.77. The third kappa shape index (κ3) is 3.73. The van der Waals surface area contributed by atoms with Crippen molar-refractivity contribution in [2.45, 2.75) is 30.8 Å². The number of aromatic hydroxyl groups is 3. The minimum absolute atomic E-state index is 0.00942. The Morgan fingerprint density at radius 3 is 2.31 bits per heavy atom. The lowest BCUT2D eigenvalue weighted by molar-refractivity contribution is -0.156. The van der Waals surface area contributed by atoms with Gasteiger partial charge >= 0.3 is 0 Å². The van der Waals surface area contributed by atoms with Crippen LogP contribution in [0.25, 0.3) is 22.3 Å². The van der Waals surface area contributed by atoms with Gasteiger partial charge in [-0.3, -0.25) is 4.79 Å². The molecule has 3 aromatic rings. The first kappa shape index (κ1) is 21.9. The summed E-state index contributed by atoms with van der Waals surface area (Å²) in [6.45, 7) is -0.433. The van der Waals surface area contributed by atoms with E-state index in [0.29, 0.717) is 5.56 Å². The molecule has 170 valence electrons. The lowest BCUT2D eigenvalue weighted by atomic mass is 9.81. The molecule has 4 rings (SSSR count). The number of ether oxygens (including phenoxy) is 1. The summed E-state index contributed by atoms with van der Waals surface area (Å²) >= 11 is 0. The highest BCUT2D eigenvalue weighted by molar-refractivity contribution is 5.88. The number of fused-ring (bicyclic) bond motifs is 1. The third-order valence-corrected chi connectivity index (χ3v) is 5.67. The zero-order chi connectivity index (χ0) is 23.2. The zero-order valence-corrected chi connectivity index (χ0v) is 16.6. The molecule has 1 aromatic heterocycles. The molecule has 1 heterocycles. The summed E-state index contributed by atoms with van der Waals surface area (Å²) in [5.74, 6) is -2.21. The topological polar surface area (TPSA) is 181 Å². The SMILES string of the molecule is O=c1c(O)c(-c2ccc(O)cc2)oc2cc(O[C@@H]3C[C@H](CO)[C@@H](O)[C@H](O)[C@H]3O)cc(O)c12. The number of phenols is 2. The van der Waals surface area contributed by atoms with Crippen molar-refractivity contribution < 1.29 is 44.9 Å². The molecule has 5 atom stereocenters. The molecule has 0 spiro atoms. The van der Waals surface area contributed by atoms with E-state index in [-0.39, 0.29) is 34.6 Å². The van der Waals surface area contributed by atoms with Crippen LogP contribution in [0.5, 0.6) is 23.0 Å². The van der Waals surface area contributed by atoms with Gasteiger partial charge in [-0.05, 0) is 30.7 Å². The van der Waals surface area contributed by atoms with Gasteiger partial charge in [0.25, 0.3) is 0 Å². The molecule has 10 heteroatoms. The van der Waals surface area contributed by atoms with Gasteiger partial charge in [0.05, 0.1) is 6.10 Å². The van der Waals surface area contributed by atoms with Crippen LogP contribution < -0.4 is 10.2 Å². The van der Waals surface area contributed by atoms with Crippen LogP contribution in [0.1, 0.15) is 6.42 Å². The van der Waals surface area contributed by atoms with E-state index in [0.717, 1.165) is 6.07 Å². The van der Waals surface area contributed by atoms with Gasteiger partial charge in [0.2, 0.25) is 11.2 Å². The van der Waals surface area contributed by atoms with E-state index in [2.05, 4.69) is 0 Å². The van der Waals surface area contributed by atoms with E-state index in [1.807, 2.05) is 0 Å². The van der Waals surface area contributed by atoms with Crippen molar-refractivity contribution in [3.63, 3.8) is 0 Å². The number of hydrogen-bond donors (Lipinski definition) is 7. The van der Waals surface area contributed by atoms with Crippen molar-refractivity contribution in [1.29, 1.82) is 0 Å². The van der Waals surface area contributed by atoms with E-state index >= 15 is 0 Å². The molecule has 0 bridgehead atoms. The summed E-state index contributed by atoms with van der Waals surface area (Å²) in [6, 6.07) is 7.92. The van der Waals surface area contributed by atoms with Crippen LogP contribution in [-0.2, 0) is 0 Å². The first-order valence-corrected chi connectivity index (χ1v) is 9.85. The predicted molar refractivity (Wildman–Crippen MR) is 111 cm³/mol. The lowest BCUT2D eigenvalue weighted by Gasteiger charge is -2.39. The maximum absolute atomic E-state index is 12.6. The molecule has 32 heavy (non-hydrogen) atoms. The first-order chi connectivity index (χ1) is 15.2. The molecule has 1 fully saturated rings. The highest BCUT2D eigenvalue weighted by atomic mass is 16.5. The van der Waals surface area contributed by atoms with E-state index in [9.17, 15) is 40.5 Å². The Labute approximate surface area is 180 Å². The number of phenolic OH excluding ortho intramolecular Hbond substituents is 2. The van der Waals surface area contributed by atoms with E-state index in [4.69, 9.17) is 9.15 Å². The molecule has 1 aliphatic carbocycles. The number of aliphatic hydroxyl groups excluding tert-OH is 4. The maximum atomic E-state index is 12.6. The Bertz CT molecular complexity index is 1180. The first-order valence-electron chi connectivity index (χ1n) is 9.85. The molecule has 1 aliphatic rings. The summed E-state index contributed by atoms with van der Waals surface area (Å²) in [4.78, 5) is 12.6. The van der Waals surface area contributed by atoms with Crippen LogP contribution in [0.3, 0.4) is 0 Å². The molecule has 7 N–H and O–H groups in total. The van der Waals surface area contributed by atoms with E-state index < -0.39 is 53.9 Å². The molecule has 0 aliphatic heterocycles. The molecule has 0 radical (unpaired) electrons. The second kappa shape index (κ2) is 8.32. The molecule has 1 saturated carbocycles. The Morgan fingerprint density at radius 2 is 1.66 bits per heavy atom. The molecule has 2 aromatic carbocycles. The van der Waals surface area contributed by atoms with E-state index in [1.54, 1.807) is 0 Å². The van der Waals surface area contributed by atoms with Crippen LogP contribution in [0.4, 0.5) is 0 Å². The molecule has 0 amide bonds. The minimum Gasteiger partial charge on any atom is -0.508 e. The highest BCUT2D eigenvalue weighted by Gasteiger charge is 2.43. The summed E-state index contributed by atoms with van der Waals surface area (Å²) < 4.78 is 11.3. The largest absolute Gasteiger partial charge is 0.508 e. The van der Waals surface area contributed by atoms with Gasteiger partial charge in [-0.15, -0.1) is 0 Å². The smallest absolute Gasteiger partial charge is 0.238 e. The minimum atomic E-state index is -1.55. The van der Waals surface area contributed by atoms with Gasteiger partial charge < -0.3 is 44.9 Å². The zero-order valence-electron chi connectivity index (χ0n) is 16.6. The number of benzene rings is 2. The Balaban J connectivity index is 1.75. The number of hydrogen-bond acceptors (Lipinski definition) is 10. The second-order valence-corrected chi connectivity index (χ2v) is 7.78. The number of rotatable bonds is 4. The fourth-order valence-corrected chi connectivity index (χ4v) is 3.89. The van der Waals surface area contributed by atoms with Gasteiger partial charge in [-0.25, -0.2) is 0 Å². The van der Waals surface area contributed by atoms with Crippen LogP contribution in [0, 0.1) is 5.92 Å². The van der Waals surface area contributed by atoms with Crippen LogP contribution in [0.15, 0.2) is 45.6 Å². The van der Waals surface area contributed by atoms with Gasteiger partial charge in [0.15, 0.2) is 5.76 Å². The fourth-order valence-electron chi connectivity index (χ4n) is 3.89. The van der Waals surface area contributed by atoms with Crippen molar-refractivity contribution in [2.24, 2.45) is 5.92 Å². The Kier molecular flexibility index (Phi) is 5.70. The number of aliphatic hydroxyl groups is 4. The Morgan fingerprint density at radius 1 is 0.969 bits per heavy atom. The molecule has 0 unspecified atom stereocenters. The van der Waals surface area contributed by atoms with Crippen molar-refractivity contribution in [1.82, 2.24) is 0 Å². The van der Waals surface area contributed by atoms with E-state index in [1.165, 1.54) is 30.3 Å².